The topological polar surface area (TPSA) is 41.1 Å². The molecule has 0 spiro atoms. The number of carbonyl (C=O) groups excluding carboxylic acids is 1. The smallest absolute Gasteiger partial charge is 0.255 e. The van der Waals surface area contributed by atoms with Gasteiger partial charge in [-0.15, -0.1) is 11.3 Å². The molecule has 5 heteroatoms. The van der Waals surface area contributed by atoms with Crippen molar-refractivity contribution in [1.82, 2.24) is 5.32 Å². The molecule has 3 nitrogen and oxygen atoms in total. The fourth-order valence-electron chi connectivity index (χ4n) is 2.56. The van der Waals surface area contributed by atoms with E-state index < -0.39 is 0 Å². The summed E-state index contributed by atoms with van der Waals surface area (Å²) in [7, 11) is 0. The second kappa shape index (κ2) is 4.76. The van der Waals surface area contributed by atoms with Crippen molar-refractivity contribution in [3.05, 3.63) is 64.0 Å². The van der Waals surface area contributed by atoms with E-state index in [0.717, 1.165) is 20.7 Å². The van der Waals surface area contributed by atoms with Crippen LogP contribution in [0.1, 0.15) is 21.4 Å². The molecule has 0 bridgehead atoms. The molecule has 0 radical (unpaired) electrons. The van der Waals surface area contributed by atoms with E-state index in [0.29, 0.717) is 10.6 Å². The molecule has 0 fully saturated rings. The third kappa shape index (κ3) is 1.99. The highest BCUT2D eigenvalue weighted by Gasteiger charge is 2.27. The molecule has 104 valence electrons. The van der Waals surface area contributed by atoms with E-state index in [9.17, 15) is 4.79 Å². The van der Waals surface area contributed by atoms with E-state index in [2.05, 4.69) is 10.6 Å². The second-order valence-electron chi connectivity index (χ2n) is 4.87. The van der Waals surface area contributed by atoms with Crippen LogP contribution in [0.15, 0.2) is 48.5 Å². The maximum atomic E-state index is 12.2. The molecular formula is C16H11ClN2OS. The van der Waals surface area contributed by atoms with Crippen LogP contribution in [0.5, 0.6) is 0 Å². The Morgan fingerprint density at radius 3 is 2.62 bits per heavy atom. The molecule has 0 aliphatic carbocycles. The molecule has 1 amide bonds. The number of amides is 1. The minimum absolute atomic E-state index is 0.0807. The molecule has 0 unspecified atom stereocenters. The van der Waals surface area contributed by atoms with Crippen LogP contribution in [0.2, 0.25) is 5.02 Å². The van der Waals surface area contributed by atoms with Gasteiger partial charge in [0.1, 0.15) is 6.17 Å². The Bertz CT molecular complexity index is 858. The third-order valence-corrected chi connectivity index (χ3v) is 5.32. The molecule has 1 atom stereocenters. The maximum Gasteiger partial charge on any atom is 0.255 e. The van der Waals surface area contributed by atoms with Gasteiger partial charge < -0.3 is 10.6 Å². The Kier molecular flexibility index (Phi) is 2.87. The number of nitrogens with one attached hydrogen (secondary N) is 2. The molecule has 2 N–H and O–H groups in total. The first-order chi connectivity index (χ1) is 10.2. The van der Waals surface area contributed by atoms with E-state index in [1.165, 1.54) is 0 Å². The summed E-state index contributed by atoms with van der Waals surface area (Å²) < 4.78 is 1.12. The number of hydrogen-bond acceptors (Lipinski definition) is 3. The van der Waals surface area contributed by atoms with E-state index in [1.54, 1.807) is 17.4 Å². The molecular weight excluding hydrogens is 304 g/mol. The lowest BCUT2D eigenvalue weighted by molar-refractivity contribution is 0.0936. The van der Waals surface area contributed by atoms with Gasteiger partial charge in [-0.25, -0.2) is 0 Å². The number of hydrogen-bond donors (Lipinski definition) is 2. The predicted molar refractivity (Wildman–Crippen MR) is 87.1 cm³/mol. The zero-order chi connectivity index (χ0) is 14.4. The third-order valence-electron chi connectivity index (χ3n) is 3.57. The minimum Gasteiger partial charge on any atom is -0.360 e. The van der Waals surface area contributed by atoms with Crippen molar-refractivity contribution in [3.63, 3.8) is 0 Å². The zero-order valence-corrected chi connectivity index (χ0v) is 12.5. The van der Waals surface area contributed by atoms with Crippen LogP contribution in [0.25, 0.3) is 10.1 Å². The number of para-hydroxylation sites is 1. The van der Waals surface area contributed by atoms with Crippen molar-refractivity contribution < 1.29 is 4.79 Å². The predicted octanol–water partition coefficient (Wildman–Crippen LogP) is 4.41. The van der Waals surface area contributed by atoms with Gasteiger partial charge in [0, 0.05) is 15.8 Å². The second-order valence-corrected chi connectivity index (χ2v) is 6.33. The first-order valence-electron chi connectivity index (χ1n) is 6.57. The summed E-state index contributed by atoms with van der Waals surface area (Å²) in [4.78, 5) is 13.1. The molecule has 1 aliphatic heterocycles. The van der Waals surface area contributed by atoms with Gasteiger partial charge in [0.25, 0.3) is 5.91 Å². The molecule has 1 aromatic heterocycles. The molecule has 1 aliphatic rings. The summed E-state index contributed by atoms with van der Waals surface area (Å²) in [5.74, 6) is -0.0807. The normalized spacial score (nSPS) is 17.2. The molecule has 0 saturated heterocycles. The summed E-state index contributed by atoms with van der Waals surface area (Å²) >= 11 is 8.08. The molecule has 4 rings (SSSR count). The Hall–Kier alpha value is -2.04. The molecule has 0 saturated carbocycles. The molecule has 2 aromatic carbocycles. The van der Waals surface area contributed by atoms with Gasteiger partial charge >= 0.3 is 0 Å². The van der Waals surface area contributed by atoms with Crippen molar-refractivity contribution in [2.75, 3.05) is 5.32 Å². The van der Waals surface area contributed by atoms with Gasteiger partial charge in [-0.3, -0.25) is 4.79 Å². The number of thiophene rings is 1. The number of carbonyl (C=O) groups is 1. The number of fused-ring (bicyclic) bond motifs is 2. The lowest BCUT2D eigenvalue weighted by Crippen LogP contribution is -2.38. The number of benzene rings is 2. The summed E-state index contributed by atoms with van der Waals surface area (Å²) in [5, 5.41) is 8.03. The van der Waals surface area contributed by atoms with Crippen LogP contribution >= 0.6 is 22.9 Å². The molecule has 2 heterocycles. The highest BCUT2D eigenvalue weighted by Crippen LogP contribution is 2.40. The van der Waals surface area contributed by atoms with E-state index in [1.807, 2.05) is 42.5 Å². The first-order valence-corrected chi connectivity index (χ1v) is 7.77. The monoisotopic (exact) mass is 314 g/mol. The van der Waals surface area contributed by atoms with Gasteiger partial charge in [0.2, 0.25) is 0 Å². The van der Waals surface area contributed by atoms with Gasteiger partial charge in [-0.1, -0.05) is 41.9 Å². The highest BCUT2D eigenvalue weighted by atomic mass is 35.5. The number of rotatable bonds is 1. The van der Waals surface area contributed by atoms with Crippen LogP contribution in [-0.2, 0) is 0 Å². The van der Waals surface area contributed by atoms with Gasteiger partial charge in [-0.05, 0) is 18.2 Å². The lowest BCUT2D eigenvalue weighted by Gasteiger charge is -2.27. The highest BCUT2D eigenvalue weighted by molar-refractivity contribution is 7.19. The van der Waals surface area contributed by atoms with Crippen molar-refractivity contribution in [1.29, 1.82) is 0 Å². The van der Waals surface area contributed by atoms with E-state index >= 15 is 0 Å². The Labute approximate surface area is 130 Å². The van der Waals surface area contributed by atoms with Crippen LogP contribution in [0, 0.1) is 0 Å². The number of anilines is 1. The average molecular weight is 315 g/mol. The first kappa shape index (κ1) is 12.7. The molecule has 3 aromatic rings. The van der Waals surface area contributed by atoms with Crippen molar-refractivity contribution in [2.24, 2.45) is 0 Å². The SMILES string of the molecule is O=C1N[C@@H](c2sc3ccccc3c2Cl)Nc2ccccc21. The fraction of sp³-hybridized carbons (Fsp3) is 0.0625. The Morgan fingerprint density at radius 1 is 1.00 bits per heavy atom. The average Bonchev–Trinajstić information content (AvgIpc) is 2.85. The maximum absolute atomic E-state index is 12.2. The zero-order valence-electron chi connectivity index (χ0n) is 10.9. The van der Waals surface area contributed by atoms with Crippen LogP contribution in [-0.4, -0.2) is 5.91 Å². The summed E-state index contributed by atoms with van der Waals surface area (Å²) in [6.07, 6.45) is -0.294. The van der Waals surface area contributed by atoms with Crippen LogP contribution in [0.3, 0.4) is 0 Å². The summed E-state index contributed by atoms with van der Waals surface area (Å²) in [6, 6.07) is 15.5. The standard InChI is InChI=1S/C16H11ClN2OS/c17-13-10-6-2-4-8-12(10)21-14(13)15-18-11-7-3-1-5-9(11)16(20)19-15/h1-8,15,18H,(H,19,20)/t15-/m0/s1. The van der Waals surface area contributed by atoms with Gasteiger partial charge in [-0.2, -0.15) is 0 Å². The Balaban J connectivity index is 1.80. The lowest BCUT2D eigenvalue weighted by atomic mass is 10.1. The van der Waals surface area contributed by atoms with Crippen molar-refractivity contribution >= 4 is 44.6 Å². The summed E-state index contributed by atoms with van der Waals surface area (Å²) in [5.41, 5.74) is 1.49. The Morgan fingerprint density at radius 2 is 1.76 bits per heavy atom. The van der Waals surface area contributed by atoms with E-state index in [-0.39, 0.29) is 12.1 Å². The van der Waals surface area contributed by atoms with Crippen LogP contribution < -0.4 is 10.6 Å². The molecule has 21 heavy (non-hydrogen) atoms. The number of halogens is 1. The largest absolute Gasteiger partial charge is 0.360 e. The van der Waals surface area contributed by atoms with Crippen LogP contribution in [0.4, 0.5) is 5.69 Å². The van der Waals surface area contributed by atoms with Crippen molar-refractivity contribution in [2.45, 2.75) is 6.17 Å². The minimum atomic E-state index is -0.294. The summed E-state index contributed by atoms with van der Waals surface area (Å²) in [6.45, 7) is 0. The quantitative estimate of drug-likeness (QED) is 0.698. The van der Waals surface area contributed by atoms with Crippen molar-refractivity contribution in [3.8, 4) is 0 Å². The van der Waals surface area contributed by atoms with Gasteiger partial charge in [0.15, 0.2) is 0 Å². The fourth-order valence-corrected chi connectivity index (χ4v) is 4.10. The van der Waals surface area contributed by atoms with E-state index in [4.69, 9.17) is 11.6 Å². The van der Waals surface area contributed by atoms with Gasteiger partial charge in [0.05, 0.1) is 15.5 Å².